The van der Waals surface area contributed by atoms with Gasteiger partial charge in [-0.1, -0.05) is 20.8 Å². The van der Waals surface area contributed by atoms with E-state index in [1.165, 1.54) is 6.34 Å². The van der Waals surface area contributed by atoms with Crippen molar-refractivity contribution in [3.63, 3.8) is 0 Å². The van der Waals surface area contributed by atoms with E-state index in [4.69, 9.17) is 9.47 Å². The summed E-state index contributed by atoms with van der Waals surface area (Å²) < 4.78 is 23.6. The van der Waals surface area contributed by atoms with E-state index in [1.807, 2.05) is 20.8 Å². The lowest BCUT2D eigenvalue weighted by atomic mass is 9.96. The second-order valence-corrected chi connectivity index (χ2v) is 5.68. The molecule has 0 aliphatic carbocycles. The van der Waals surface area contributed by atoms with Crippen LogP contribution in [-0.2, 0) is 4.74 Å². The maximum Gasteiger partial charge on any atom is 0.320 e. The van der Waals surface area contributed by atoms with E-state index in [0.717, 1.165) is 6.20 Å². The van der Waals surface area contributed by atoms with Crippen LogP contribution in [-0.4, -0.2) is 53.5 Å². The highest BCUT2D eigenvalue weighted by Crippen LogP contribution is 2.20. The van der Waals surface area contributed by atoms with Crippen LogP contribution in [0.3, 0.4) is 0 Å². The highest BCUT2D eigenvalue weighted by Gasteiger charge is 2.23. The molecule has 0 spiro atoms. The fourth-order valence-corrected chi connectivity index (χ4v) is 1.07. The van der Waals surface area contributed by atoms with Gasteiger partial charge in [0.15, 0.2) is 24.7 Å². The predicted molar refractivity (Wildman–Crippen MR) is 75.9 cm³/mol. The average molecular weight is 300 g/mol. The predicted octanol–water partition coefficient (Wildman–Crippen LogP) is 1.55. The number of hydrogen-bond acceptors (Lipinski definition) is 6. The summed E-state index contributed by atoms with van der Waals surface area (Å²) in [6.45, 7) is 5.21. The molecular weight excluding hydrogens is 279 g/mol. The van der Waals surface area contributed by atoms with Gasteiger partial charge in [0.2, 0.25) is 0 Å². The summed E-state index contributed by atoms with van der Waals surface area (Å²) in [5, 5.41) is 9.68. The lowest BCUT2D eigenvalue weighted by Crippen LogP contribution is -2.30. The first-order valence-electron chi connectivity index (χ1n) is 6.36. The van der Waals surface area contributed by atoms with Gasteiger partial charge in [0.1, 0.15) is 0 Å². The summed E-state index contributed by atoms with van der Waals surface area (Å²) in [5.74, 6) is -0.791. The monoisotopic (exact) mass is 300 g/mol. The molecule has 0 aromatic carbocycles. The Balaban J connectivity index is 2.62. The van der Waals surface area contributed by atoms with E-state index < -0.39 is 17.5 Å². The lowest BCUT2D eigenvalue weighted by Gasteiger charge is -2.25. The van der Waals surface area contributed by atoms with Gasteiger partial charge in [-0.2, -0.15) is 4.98 Å². The fraction of sp³-hybridized carbons (Fsp3) is 0.615. The van der Waals surface area contributed by atoms with Crippen LogP contribution in [0.4, 0.5) is 10.2 Å². The summed E-state index contributed by atoms with van der Waals surface area (Å²) in [6, 6.07) is -0.0802. The van der Waals surface area contributed by atoms with Crippen molar-refractivity contribution in [2.24, 2.45) is 10.4 Å². The number of rotatable bonds is 6. The number of aliphatic hydroxyl groups excluding tert-OH is 1. The molecule has 0 amide bonds. The molecule has 118 valence electrons. The number of nitrogens with zero attached hydrogens (tertiary/aromatic N) is 4. The van der Waals surface area contributed by atoms with E-state index >= 15 is 0 Å². The molecular formula is C13H21FN4O3. The van der Waals surface area contributed by atoms with Crippen LogP contribution in [0.25, 0.3) is 0 Å². The quantitative estimate of drug-likeness (QED) is 0.488. The van der Waals surface area contributed by atoms with Crippen LogP contribution in [0.2, 0.25) is 0 Å². The topological polar surface area (TPSA) is 80.1 Å². The van der Waals surface area contributed by atoms with E-state index in [9.17, 15) is 9.50 Å². The molecule has 1 aromatic heterocycles. The van der Waals surface area contributed by atoms with E-state index in [-0.39, 0.29) is 18.6 Å². The minimum absolute atomic E-state index is 0.0802. The Kier molecular flexibility index (Phi) is 5.98. The van der Waals surface area contributed by atoms with Crippen molar-refractivity contribution in [1.82, 2.24) is 14.9 Å². The zero-order valence-corrected chi connectivity index (χ0v) is 12.9. The molecule has 1 heterocycles. The number of aliphatic imine (C=N–C) groups is 1. The second-order valence-electron chi connectivity index (χ2n) is 5.68. The first kappa shape index (κ1) is 17.3. The number of aliphatic hydroxyl groups is 1. The molecule has 0 aliphatic rings. The van der Waals surface area contributed by atoms with Gasteiger partial charge in [-0.3, -0.25) is 0 Å². The summed E-state index contributed by atoms with van der Waals surface area (Å²) in [4.78, 5) is 13.0. The zero-order chi connectivity index (χ0) is 16.0. The van der Waals surface area contributed by atoms with E-state index in [2.05, 4.69) is 15.0 Å². The molecule has 1 aromatic rings. The van der Waals surface area contributed by atoms with Crippen molar-refractivity contribution in [2.45, 2.75) is 27.1 Å². The number of aromatic nitrogens is 2. The maximum absolute atomic E-state index is 13.4. The summed E-state index contributed by atoms with van der Waals surface area (Å²) >= 11 is 0. The molecule has 0 saturated carbocycles. The zero-order valence-electron chi connectivity index (χ0n) is 12.9. The van der Waals surface area contributed by atoms with Crippen molar-refractivity contribution in [3.8, 4) is 6.01 Å². The van der Waals surface area contributed by atoms with Crippen molar-refractivity contribution in [1.29, 1.82) is 0 Å². The van der Waals surface area contributed by atoms with Gasteiger partial charge in [-0.05, 0) is 0 Å². The molecule has 0 saturated heterocycles. The summed E-state index contributed by atoms with van der Waals surface area (Å²) in [5.41, 5.74) is -0.436. The van der Waals surface area contributed by atoms with Crippen LogP contribution in [0.5, 0.6) is 6.01 Å². The Labute approximate surface area is 123 Å². The molecule has 7 nitrogen and oxygen atoms in total. The van der Waals surface area contributed by atoms with Gasteiger partial charge >= 0.3 is 6.01 Å². The Morgan fingerprint density at radius 1 is 1.48 bits per heavy atom. The number of halogens is 1. The van der Waals surface area contributed by atoms with E-state index in [1.54, 1.807) is 19.0 Å². The molecule has 0 aliphatic heterocycles. The SMILES string of the molecule is CN(C)C=Nc1nc(OCOC(O)C(C)(C)C)ncc1F. The summed E-state index contributed by atoms with van der Waals surface area (Å²) in [7, 11) is 3.50. The third-order valence-corrected chi connectivity index (χ3v) is 2.27. The molecule has 1 N–H and O–H groups in total. The molecule has 21 heavy (non-hydrogen) atoms. The molecule has 8 heteroatoms. The van der Waals surface area contributed by atoms with Crippen LogP contribution < -0.4 is 4.74 Å². The fourth-order valence-electron chi connectivity index (χ4n) is 1.07. The first-order valence-corrected chi connectivity index (χ1v) is 6.36. The number of hydrogen-bond donors (Lipinski definition) is 1. The summed E-state index contributed by atoms with van der Waals surface area (Å²) in [6.07, 6.45) is 1.38. The molecule has 1 rings (SSSR count). The second kappa shape index (κ2) is 7.28. The normalized spacial score (nSPS) is 13.5. The van der Waals surface area contributed by atoms with Gasteiger partial charge in [0.25, 0.3) is 0 Å². The molecule has 1 unspecified atom stereocenters. The van der Waals surface area contributed by atoms with Crippen LogP contribution in [0, 0.1) is 11.2 Å². The van der Waals surface area contributed by atoms with Gasteiger partial charge in [0.05, 0.1) is 12.5 Å². The van der Waals surface area contributed by atoms with Crippen molar-refractivity contribution >= 4 is 12.2 Å². The van der Waals surface area contributed by atoms with Crippen LogP contribution in [0.15, 0.2) is 11.2 Å². The Bertz CT molecular complexity index is 489. The van der Waals surface area contributed by atoms with Gasteiger partial charge in [-0.25, -0.2) is 14.4 Å². The minimum Gasteiger partial charge on any atom is -0.436 e. The van der Waals surface area contributed by atoms with E-state index in [0.29, 0.717) is 0 Å². The van der Waals surface area contributed by atoms with Crippen molar-refractivity contribution < 1.29 is 19.0 Å². The largest absolute Gasteiger partial charge is 0.436 e. The van der Waals surface area contributed by atoms with Crippen molar-refractivity contribution in [3.05, 3.63) is 12.0 Å². The number of ether oxygens (including phenoxy) is 2. The standard InChI is InChI=1S/C13H21FN4O3/c1-13(2,3)11(19)20-8-21-12-15-6-9(14)10(17-12)16-7-18(4)5/h6-7,11,19H,8H2,1-5H3. The van der Waals surface area contributed by atoms with Gasteiger partial charge in [-0.15, -0.1) is 0 Å². The molecule has 0 radical (unpaired) electrons. The molecule has 1 atom stereocenters. The minimum atomic E-state index is -0.996. The lowest BCUT2D eigenvalue weighted by molar-refractivity contribution is -0.191. The first-order chi connectivity index (χ1) is 9.70. The Morgan fingerprint density at radius 2 is 2.14 bits per heavy atom. The molecule has 0 fully saturated rings. The molecule has 0 bridgehead atoms. The Morgan fingerprint density at radius 3 is 2.71 bits per heavy atom. The van der Waals surface area contributed by atoms with Gasteiger partial charge in [0, 0.05) is 19.5 Å². The van der Waals surface area contributed by atoms with Crippen molar-refractivity contribution in [2.75, 3.05) is 20.9 Å². The third kappa shape index (κ3) is 6.01. The smallest absolute Gasteiger partial charge is 0.320 e. The van der Waals surface area contributed by atoms with Crippen LogP contribution >= 0.6 is 0 Å². The highest BCUT2D eigenvalue weighted by atomic mass is 19.1. The average Bonchev–Trinajstić information content (AvgIpc) is 2.37. The third-order valence-electron chi connectivity index (χ3n) is 2.27. The van der Waals surface area contributed by atoms with Crippen LogP contribution in [0.1, 0.15) is 20.8 Å². The highest BCUT2D eigenvalue weighted by molar-refractivity contribution is 5.59. The van der Waals surface area contributed by atoms with Gasteiger partial charge < -0.3 is 19.5 Å². The Hall–Kier alpha value is -1.80. The maximum atomic E-state index is 13.4.